The third-order valence-electron chi connectivity index (χ3n) is 9.28. The average Bonchev–Trinajstić information content (AvgIpc) is 2.79. The van der Waals surface area contributed by atoms with Crippen LogP contribution in [0.1, 0.15) is 93.4 Å². The Labute approximate surface area is 207 Å². The van der Waals surface area contributed by atoms with Crippen molar-refractivity contribution in [3.05, 3.63) is 23.3 Å². The number of hydrogen-bond acceptors (Lipinski definition) is 4. The highest BCUT2D eigenvalue weighted by molar-refractivity contribution is 5.75. The Morgan fingerprint density at radius 1 is 1.21 bits per heavy atom. The van der Waals surface area contributed by atoms with E-state index in [0.717, 1.165) is 12.8 Å². The van der Waals surface area contributed by atoms with Crippen LogP contribution in [0.3, 0.4) is 0 Å². The minimum Gasteiger partial charge on any atom is -0.463 e. The van der Waals surface area contributed by atoms with Gasteiger partial charge in [0.1, 0.15) is 6.61 Å². The predicted octanol–water partition coefficient (Wildman–Crippen LogP) is 6.83. The van der Waals surface area contributed by atoms with E-state index in [0.29, 0.717) is 30.8 Å². The first-order valence-electron chi connectivity index (χ1n) is 13.4. The number of nitrogens with one attached hydrogen (secondary N) is 1. The van der Waals surface area contributed by atoms with E-state index < -0.39 is 11.5 Å². The summed E-state index contributed by atoms with van der Waals surface area (Å²) < 4.78 is 11.0. The van der Waals surface area contributed by atoms with Crippen molar-refractivity contribution >= 4 is 12.1 Å². The van der Waals surface area contributed by atoms with E-state index in [4.69, 9.17) is 9.47 Å². The Hall–Kier alpha value is -1.78. The zero-order valence-electron chi connectivity index (χ0n) is 22.6. The monoisotopic (exact) mass is 473 g/mol. The van der Waals surface area contributed by atoms with Gasteiger partial charge in [-0.05, 0) is 81.1 Å². The molecule has 3 aliphatic carbocycles. The lowest BCUT2D eigenvalue weighted by atomic mass is 9.47. The number of carbonyl (C=O) groups excluding carboxylic acids is 2. The van der Waals surface area contributed by atoms with Crippen LogP contribution >= 0.6 is 0 Å². The lowest BCUT2D eigenvalue weighted by Crippen LogP contribution is -2.52. The van der Waals surface area contributed by atoms with Crippen molar-refractivity contribution < 1.29 is 19.1 Å². The van der Waals surface area contributed by atoms with Crippen molar-refractivity contribution in [1.29, 1.82) is 0 Å². The third kappa shape index (κ3) is 5.54. The lowest BCUT2D eigenvalue weighted by molar-refractivity contribution is -0.153. The van der Waals surface area contributed by atoms with E-state index in [-0.39, 0.29) is 30.0 Å². The van der Waals surface area contributed by atoms with Crippen molar-refractivity contribution in [3.63, 3.8) is 0 Å². The molecule has 0 heterocycles. The minimum absolute atomic E-state index is 0.0218. The van der Waals surface area contributed by atoms with Gasteiger partial charge in [-0.2, -0.15) is 0 Å². The van der Waals surface area contributed by atoms with Crippen LogP contribution in [-0.2, 0) is 14.3 Å². The van der Waals surface area contributed by atoms with Crippen LogP contribution in [0, 0.1) is 34.0 Å². The van der Waals surface area contributed by atoms with E-state index in [1.54, 1.807) is 11.1 Å². The number of allylic oxidation sites excluding steroid dienone is 4. The second kappa shape index (κ2) is 10.5. The van der Waals surface area contributed by atoms with Gasteiger partial charge in [0.15, 0.2) is 0 Å². The van der Waals surface area contributed by atoms with Gasteiger partial charge in [0.25, 0.3) is 0 Å². The van der Waals surface area contributed by atoms with E-state index in [1.807, 2.05) is 20.8 Å². The Morgan fingerprint density at radius 2 is 1.94 bits per heavy atom. The van der Waals surface area contributed by atoms with Crippen LogP contribution in [0.2, 0.25) is 0 Å². The van der Waals surface area contributed by atoms with Crippen molar-refractivity contribution in [3.8, 4) is 0 Å². The highest BCUT2D eigenvalue weighted by atomic mass is 16.6. The summed E-state index contributed by atoms with van der Waals surface area (Å²) in [4.78, 5) is 24.5. The van der Waals surface area contributed by atoms with Gasteiger partial charge < -0.3 is 14.8 Å². The Balaban J connectivity index is 1.55. The summed E-state index contributed by atoms with van der Waals surface area (Å²) >= 11 is 0. The highest BCUT2D eigenvalue weighted by Gasteiger charge is 2.54. The molecule has 0 aromatic heterocycles. The fourth-order valence-corrected chi connectivity index (χ4v) is 6.56. The molecule has 5 heteroatoms. The number of rotatable bonds is 8. The third-order valence-corrected chi connectivity index (χ3v) is 9.28. The van der Waals surface area contributed by atoms with Crippen LogP contribution in [-0.4, -0.2) is 31.8 Å². The van der Waals surface area contributed by atoms with E-state index in [1.165, 1.54) is 25.7 Å². The quantitative estimate of drug-likeness (QED) is 0.310. The molecule has 5 nitrogen and oxygen atoms in total. The SMILES string of the molecule is CCC(C)(C)C(=O)OCCNC(=O)OCC1(C)CCCC2(C)C3CCC(C(C)C)=CC3=CCC12. The van der Waals surface area contributed by atoms with Gasteiger partial charge in [-0.3, -0.25) is 4.79 Å². The molecule has 0 aromatic carbocycles. The fraction of sp³-hybridized carbons (Fsp3) is 0.793. The maximum atomic E-state index is 12.4. The molecule has 3 aliphatic rings. The maximum absolute atomic E-state index is 12.4. The highest BCUT2D eigenvalue weighted by Crippen LogP contribution is 2.62. The maximum Gasteiger partial charge on any atom is 0.407 e. The topological polar surface area (TPSA) is 64.6 Å². The zero-order chi connectivity index (χ0) is 25.1. The van der Waals surface area contributed by atoms with Crippen molar-refractivity contribution in [2.24, 2.45) is 34.0 Å². The molecule has 4 unspecified atom stereocenters. The van der Waals surface area contributed by atoms with Crippen LogP contribution < -0.4 is 5.32 Å². The van der Waals surface area contributed by atoms with Gasteiger partial charge in [-0.1, -0.05) is 58.8 Å². The predicted molar refractivity (Wildman–Crippen MR) is 136 cm³/mol. The molecule has 1 amide bonds. The van der Waals surface area contributed by atoms with Crippen molar-refractivity contribution in [2.45, 2.75) is 93.4 Å². The Kier molecular flexibility index (Phi) is 8.25. The molecule has 0 aromatic rings. The largest absolute Gasteiger partial charge is 0.463 e. The second-order valence-electron chi connectivity index (χ2n) is 12.3. The number of amides is 1. The molecule has 34 heavy (non-hydrogen) atoms. The molecule has 4 atom stereocenters. The molecule has 0 saturated heterocycles. The summed E-state index contributed by atoms with van der Waals surface area (Å²) in [6, 6.07) is 0. The first-order chi connectivity index (χ1) is 15.9. The normalized spacial score (nSPS) is 31.1. The summed E-state index contributed by atoms with van der Waals surface area (Å²) in [7, 11) is 0. The average molecular weight is 474 g/mol. The number of hydrogen-bond donors (Lipinski definition) is 1. The number of carbonyl (C=O) groups is 2. The molecule has 1 saturated carbocycles. The molecular formula is C29H47NO4. The first-order valence-corrected chi connectivity index (χ1v) is 13.4. The van der Waals surface area contributed by atoms with Gasteiger partial charge in [-0.25, -0.2) is 4.79 Å². The summed E-state index contributed by atoms with van der Waals surface area (Å²) in [5.41, 5.74) is 2.88. The van der Waals surface area contributed by atoms with Crippen LogP contribution in [0.15, 0.2) is 23.3 Å². The molecule has 0 radical (unpaired) electrons. The zero-order valence-corrected chi connectivity index (χ0v) is 22.6. The number of esters is 1. The van der Waals surface area contributed by atoms with Gasteiger partial charge >= 0.3 is 12.1 Å². The van der Waals surface area contributed by atoms with Gasteiger partial charge in [0.05, 0.1) is 18.6 Å². The molecule has 0 aliphatic heterocycles. The minimum atomic E-state index is -0.498. The molecule has 3 rings (SSSR count). The van der Waals surface area contributed by atoms with Gasteiger partial charge in [0.2, 0.25) is 0 Å². The number of ether oxygens (including phenoxy) is 2. The van der Waals surface area contributed by atoms with Crippen LogP contribution in [0.25, 0.3) is 0 Å². The van der Waals surface area contributed by atoms with Crippen LogP contribution in [0.4, 0.5) is 4.79 Å². The number of fused-ring (bicyclic) bond motifs is 3. The molecule has 0 bridgehead atoms. The second-order valence-corrected chi connectivity index (χ2v) is 12.3. The molecule has 192 valence electrons. The standard InChI is InChI=1S/C29H47NO4/c1-8-27(4,5)25(31)33-17-16-30-26(32)34-19-28(6)14-9-15-29(7)23-12-10-21(20(2)3)18-22(23)11-13-24(28)29/h11,18,20,23-24H,8-10,12-17,19H2,1-7H3,(H,30,32). The molecule has 1 N–H and O–H groups in total. The summed E-state index contributed by atoms with van der Waals surface area (Å²) in [5, 5.41) is 2.75. The fourth-order valence-electron chi connectivity index (χ4n) is 6.56. The first kappa shape index (κ1) is 26.8. The summed E-state index contributed by atoms with van der Waals surface area (Å²) in [5.74, 6) is 1.52. The Morgan fingerprint density at radius 3 is 2.62 bits per heavy atom. The smallest absolute Gasteiger partial charge is 0.407 e. The van der Waals surface area contributed by atoms with E-state index in [2.05, 4.69) is 45.2 Å². The summed E-state index contributed by atoms with van der Waals surface area (Å²) in [6.07, 6.45) is 12.3. The van der Waals surface area contributed by atoms with E-state index in [9.17, 15) is 9.59 Å². The lowest BCUT2D eigenvalue weighted by Gasteiger charge is -2.58. The number of alkyl carbamates (subject to hydrolysis) is 1. The summed E-state index contributed by atoms with van der Waals surface area (Å²) in [6.45, 7) is 16.0. The molecule has 0 spiro atoms. The van der Waals surface area contributed by atoms with Crippen molar-refractivity contribution in [1.82, 2.24) is 5.32 Å². The van der Waals surface area contributed by atoms with Crippen molar-refractivity contribution in [2.75, 3.05) is 19.8 Å². The van der Waals surface area contributed by atoms with Gasteiger partial charge in [0, 0.05) is 5.41 Å². The van der Waals surface area contributed by atoms with Gasteiger partial charge in [-0.15, -0.1) is 0 Å². The molecule has 1 fully saturated rings. The van der Waals surface area contributed by atoms with Crippen LogP contribution in [0.5, 0.6) is 0 Å². The molecular weight excluding hydrogens is 426 g/mol. The Bertz CT molecular complexity index is 826. The van der Waals surface area contributed by atoms with E-state index >= 15 is 0 Å².